The zero-order valence-electron chi connectivity index (χ0n) is 12.9. The van der Waals surface area contributed by atoms with Gasteiger partial charge in [0.1, 0.15) is 17.8 Å². The molecular formula is C17H13Cl2N5O. The van der Waals surface area contributed by atoms with Gasteiger partial charge < -0.3 is 10.6 Å². The van der Waals surface area contributed by atoms with E-state index in [0.29, 0.717) is 28.1 Å². The number of pyridine rings is 1. The van der Waals surface area contributed by atoms with Crippen LogP contribution in [0.15, 0.2) is 55.1 Å². The van der Waals surface area contributed by atoms with Crippen molar-refractivity contribution in [1.29, 1.82) is 0 Å². The van der Waals surface area contributed by atoms with Crippen molar-refractivity contribution in [3.63, 3.8) is 0 Å². The quantitative estimate of drug-likeness (QED) is 0.705. The fourth-order valence-electron chi connectivity index (χ4n) is 2.04. The van der Waals surface area contributed by atoms with E-state index >= 15 is 0 Å². The summed E-state index contributed by atoms with van der Waals surface area (Å²) in [5.74, 6) is 0.170. The molecule has 126 valence electrons. The molecule has 2 heterocycles. The van der Waals surface area contributed by atoms with E-state index in [4.69, 9.17) is 23.2 Å². The number of halogens is 2. The minimum absolute atomic E-state index is 0.231. The summed E-state index contributed by atoms with van der Waals surface area (Å²) in [6, 6.07) is 10.2. The van der Waals surface area contributed by atoms with Gasteiger partial charge in [-0.25, -0.2) is 9.97 Å². The van der Waals surface area contributed by atoms with E-state index < -0.39 is 0 Å². The first-order valence-corrected chi connectivity index (χ1v) is 8.08. The fraction of sp³-hybridized carbons (Fsp3) is 0.0588. The molecule has 25 heavy (non-hydrogen) atoms. The van der Waals surface area contributed by atoms with Gasteiger partial charge in [0.15, 0.2) is 0 Å². The van der Waals surface area contributed by atoms with E-state index in [9.17, 15) is 4.79 Å². The van der Waals surface area contributed by atoms with Crippen molar-refractivity contribution < 1.29 is 4.79 Å². The van der Waals surface area contributed by atoms with Crippen LogP contribution in [0.1, 0.15) is 16.1 Å². The smallest absolute Gasteiger partial charge is 0.274 e. The molecule has 0 aliphatic carbocycles. The highest BCUT2D eigenvalue weighted by molar-refractivity contribution is 6.42. The highest BCUT2D eigenvalue weighted by Crippen LogP contribution is 2.25. The van der Waals surface area contributed by atoms with Crippen molar-refractivity contribution in [1.82, 2.24) is 15.0 Å². The van der Waals surface area contributed by atoms with Gasteiger partial charge >= 0.3 is 0 Å². The first-order chi connectivity index (χ1) is 12.1. The monoisotopic (exact) mass is 373 g/mol. The van der Waals surface area contributed by atoms with Crippen LogP contribution in [0.3, 0.4) is 0 Å². The van der Waals surface area contributed by atoms with Crippen molar-refractivity contribution in [2.24, 2.45) is 0 Å². The van der Waals surface area contributed by atoms with Gasteiger partial charge in [-0.15, -0.1) is 0 Å². The number of benzene rings is 1. The average molecular weight is 374 g/mol. The van der Waals surface area contributed by atoms with Gasteiger partial charge in [0.25, 0.3) is 5.91 Å². The van der Waals surface area contributed by atoms with Crippen LogP contribution < -0.4 is 10.6 Å². The maximum atomic E-state index is 12.3. The molecule has 0 aliphatic heterocycles. The fourth-order valence-corrected chi connectivity index (χ4v) is 2.34. The molecule has 0 spiro atoms. The average Bonchev–Trinajstić information content (AvgIpc) is 2.64. The summed E-state index contributed by atoms with van der Waals surface area (Å²) in [5.41, 5.74) is 1.76. The lowest BCUT2D eigenvalue weighted by molar-refractivity contribution is 0.102. The van der Waals surface area contributed by atoms with Gasteiger partial charge in [-0.1, -0.05) is 29.3 Å². The third-order valence-electron chi connectivity index (χ3n) is 3.27. The van der Waals surface area contributed by atoms with Crippen molar-refractivity contribution in [2.75, 3.05) is 10.6 Å². The number of carbonyl (C=O) groups is 1. The second-order valence-corrected chi connectivity index (χ2v) is 5.90. The summed E-state index contributed by atoms with van der Waals surface area (Å²) in [6.45, 7) is 0.540. The van der Waals surface area contributed by atoms with E-state index in [2.05, 4.69) is 25.6 Å². The van der Waals surface area contributed by atoms with Crippen LogP contribution in [-0.2, 0) is 6.54 Å². The Kier molecular flexibility index (Phi) is 5.42. The predicted molar refractivity (Wildman–Crippen MR) is 98.0 cm³/mol. The Balaban J connectivity index is 1.67. The van der Waals surface area contributed by atoms with Crippen molar-refractivity contribution in [3.8, 4) is 0 Å². The highest BCUT2D eigenvalue weighted by Gasteiger charge is 2.10. The molecule has 2 aromatic heterocycles. The summed E-state index contributed by atoms with van der Waals surface area (Å²) in [6.07, 6.45) is 4.79. The molecule has 6 nitrogen and oxygen atoms in total. The van der Waals surface area contributed by atoms with Crippen LogP contribution in [0.25, 0.3) is 0 Å². The van der Waals surface area contributed by atoms with Crippen molar-refractivity contribution in [3.05, 3.63) is 76.4 Å². The number of anilines is 2. The molecule has 0 saturated heterocycles. The Morgan fingerprint density at radius 2 is 1.96 bits per heavy atom. The van der Waals surface area contributed by atoms with Gasteiger partial charge in [-0.3, -0.25) is 9.78 Å². The Morgan fingerprint density at radius 3 is 2.72 bits per heavy atom. The lowest BCUT2D eigenvalue weighted by Gasteiger charge is -2.08. The maximum Gasteiger partial charge on any atom is 0.274 e. The summed E-state index contributed by atoms with van der Waals surface area (Å²) >= 11 is 11.8. The van der Waals surface area contributed by atoms with Crippen LogP contribution >= 0.6 is 23.2 Å². The summed E-state index contributed by atoms with van der Waals surface area (Å²) in [5, 5.41) is 6.63. The molecule has 0 bridgehead atoms. The predicted octanol–water partition coefficient (Wildman–Crippen LogP) is 4.04. The highest BCUT2D eigenvalue weighted by atomic mass is 35.5. The molecule has 0 aliphatic rings. The van der Waals surface area contributed by atoms with Crippen molar-refractivity contribution >= 4 is 40.6 Å². The summed E-state index contributed by atoms with van der Waals surface area (Å²) in [7, 11) is 0. The van der Waals surface area contributed by atoms with Crippen LogP contribution in [0.2, 0.25) is 10.0 Å². The molecule has 0 atom stereocenters. The van der Waals surface area contributed by atoms with Crippen LogP contribution in [0.5, 0.6) is 0 Å². The van der Waals surface area contributed by atoms with Gasteiger partial charge in [0.2, 0.25) is 0 Å². The Labute approximate surface area is 154 Å². The molecule has 0 unspecified atom stereocenters. The lowest BCUT2D eigenvalue weighted by Crippen LogP contribution is -2.14. The minimum Gasteiger partial charge on any atom is -0.366 e. The standard InChI is InChI=1S/C17H13Cl2N5O/c18-13-4-3-12(6-14(13)19)24-17(25)15-7-16(23-10-22-15)21-9-11-2-1-5-20-8-11/h1-8,10H,9H2,(H,24,25)(H,21,22,23). The number of nitrogens with one attached hydrogen (secondary N) is 2. The van der Waals surface area contributed by atoms with E-state index in [-0.39, 0.29) is 11.6 Å². The number of amides is 1. The number of hydrogen-bond acceptors (Lipinski definition) is 5. The van der Waals surface area contributed by atoms with E-state index in [1.807, 2.05) is 12.1 Å². The zero-order chi connectivity index (χ0) is 17.6. The molecular weight excluding hydrogens is 361 g/mol. The first kappa shape index (κ1) is 17.1. The van der Waals surface area contributed by atoms with Gasteiger partial charge in [0.05, 0.1) is 10.0 Å². The Morgan fingerprint density at radius 1 is 1.08 bits per heavy atom. The molecule has 3 rings (SSSR count). The number of carbonyl (C=O) groups excluding carboxylic acids is 1. The summed E-state index contributed by atoms with van der Waals surface area (Å²) < 4.78 is 0. The molecule has 2 N–H and O–H groups in total. The Hall–Kier alpha value is -2.70. The number of nitrogens with zero attached hydrogens (tertiary/aromatic N) is 3. The Bertz CT molecular complexity index is 889. The van der Waals surface area contributed by atoms with Gasteiger partial charge in [-0.05, 0) is 29.8 Å². The second kappa shape index (κ2) is 7.92. The number of rotatable bonds is 5. The molecule has 1 amide bonds. The van der Waals surface area contributed by atoms with Gasteiger partial charge in [0, 0.05) is 30.7 Å². The van der Waals surface area contributed by atoms with E-state index in [1.54, 1.807) is 36.7 Å². The number of hydrogen-bond donors (Lipinski definition) is 2. The van der Waals surface area contributed by atoms with E-state index in [1.165, 1.54) is 6.33 Å². The molecule has 1 aromatic carbocycles. The largest absolute Gasteiger partial charge is 0.366 e. The third kappa shape index (κ3) is 4.65. The minimum atomic E-state index is -0.370. The van der Waals surface area contributed by atoms with Crippen LogP contribution in [0, 0.1) is 0 Å². The molecule has 0 fully saturated rings. The molecule has 0 radical (unpaired) electrons. The molecule has 8 heteroatoms. The van der Waals surface area contributed by atoms with Crippen molar-refractivity contribution in [2.45, 2.75) is 6.54 Å². The topological polar surface area (TPSA) is 79.8 Å². The zero-order valence-corrected chi connectivity index (χ0v) is 14.4. The second-order valence-electron chi connectivity index (χ2n) is 5.09. The lowest BCUT2D eigenvalue weighted by atomic mass is 10.3. The summed E-state index contributed by atoms with van der Waals surface area (Å²) in [4.78, 5) is 24.5. The maximum absolute atomic E-state index is 12.3. The van der Waals surface area contributed by atoms with Crippen LogP contribution in [-0.4, -0.2) is 20.9 Å². The van der Waals surface area contributed by atoms with Gasteiger partial charge in [-0.2, -0.15) is 0 Å². The molecule has 3 aromatic rings. The van der Waals surface area contributed by atoms with E-state index in [0.717, 1.165) is 5.56 Å². The van der Waals surface area contributed by atoms with Crippen LogP contribution in [0.4, 0.5) is 11.5 Å². The normalized spacial score (nSPS) is 10.3. The SMILES string of the molecule is O=C(Nc1ccc(Cl)c(Cl)c1)c1cc(NCc2cccnc2)ncn1. The third-order valence-corrected chi connectivity index (χ3v) is 4.01. The number of aromatic nitrogens is 3. The molecule has 0 saturated carbocycles. The first-order valence-electron chi connectivity index (χ1n) is 7.33.